The van der Waals surface area contributed by atoms with Crippen LogP contribution >= 0.6 is 11.6 Å². The van der Waals surface area contributed by atoms with E-state index < -0.39 is 0 Å². The van der Waals surface area contributed by atoms with Crippen molar-refractivity contribution >= 4 is 23.4 Å². The zero-order valence-corrected chi connectivity index (χ0v) is 17.8. The van der Waals surface area contributed by atoms with Crippen molar-refractivity contribution < 1.29 is 14.3 Å². The lowest BCUT2D eigenvalue weighted by Crippen LogP contribution is -2.44. The first-order valence-corrected chi connectivity index (χ1v) is 10.3. The van der Waals surface area contributed by atoms with Crippen molar-refractivity contribution in [2.45, 2.75) is 31.8 Å². The molecule has 0 bridgehead atoms. The summed E-state index contributed by atoms with van der Waals surface area (Å²) >= 11 is 5.94. The standard InChI is InChI=1S/C22H28ClN3O3/c1-24-12-3-5-20(24)15-26(19-10-11-19)21(27)16-25(13-4-14-29-2)22(28)17-6-8-18(23)9-7-17/h3,5-9,12,19H,4,10-11,13-16H2,1-2H3. The molecule has 1 aromatic heterocycles. The highest BCUT2D eigenvalue weighted by Gasteiger charge is 2.34. The summed E-state index contributed by atoms with van der Waals surface area (Å²) < 4.78 is 7.15. The van der Waals surface area contributed by atoms with Crippen LogP contribution in [0.25, 0.3) is 0 Å². The van der Waals surface area contributed by atoms with Gasteiger partial charge in [0.25, 0.3) is 5.91 Å². The second-order valence-electron chi connectivity index (χ2n) is 7.44. The lowest BCUT2D eigenvalue weighted by molar-refractivity contribution is -0.133. The number of ether oxygens (including phenoxy) is 1. The Morgan fingerprint density at radius 3 is 2.52 bits per heavy atom. The number of hydrogen-bond acceptors (Lipinski definition) is 3. The molecule has 156 valence electrons. The molecule has 6 nitrogen and oxygen atoms in total. The summed E-state index contributed by atoms with van der Waals surface area (Å²) in [7, 11) is 3.61. The van der Waals surface area contributed by atoms with Crippen molar-refractivity contribution in [1.29, 1.82) is 0 Å². The average molecular weight is 418 g/mol. The van der Waals surface area contributed by atoms with Crippen LogP contribution in [0, 0.1) is 0 Å². The Bertz CT molecular complexity index is 830. The van der Waals surface area contributed by atoms with Crippen LogP contribution in [0.1, 0.15) is 35.3 Å². The van der Waals surface area contributed by atoms with E-state index in [-0.39, 0.29) is 24.4 Å². The molecular formula is C22H28ClN3O3. The van der Waals surface area contributed by atoms with Crippen molar-refractivity contribution in [1.82, 2.24) is 14.4 Å². The van der Waals surface area contributed by atoms with Crippen molar-refractivity contribution in [3.05, 3.63) is 58.9 Å². The molecule has 3 rings (SSSR count). The number of benzene rings is 1. The van der Waals surface area contributed by atoms with Crippen molar-refractivity contribution in [2.75, 3.05) is 26.8 Å². The minimum absolute atomic E-state index is 0.0200. The van der Waals surface area contributed by atoms with Crippen LogP contribution in [0.3, 0.4) is 0 Å². The maximum atomic E-state index is 13.2. The minimum atomic E-state index is -0.166. The van der Waals surface area contributed by atoms with Gasteiger partial charge in [-0.3, -0.25) is 9.59 Å². The molecule has 1 aromatic carbocycles. The molecular weight excluding hydrogens is 390 g/mol. The first-order valence-electron chi connectivity index (χ1n) is 9.93. The van der Waals surface area contributed by atoms with Crippen LogP contribution in [0.5, 0.6) is 0 Å². The molecule has 1 saturated carbocycles. The zero-order chi connectivity index (χ0) is 20.8. The monoisotopic (exact) mass is 417 g/mol. The fourth-order valence-electron chi connectivity index (χ4n) is 3.32. The summed E-state index contributed by atoms with van der Waals surface area (Å²) in [6.45, 7) is 1.62. The third kappa shape index (κ3) is 5.84. The van der Waals surface area contributed by atoms with Gasteiger partial charge in [-0.25, -0.2) is 0 Å². The number of aryl methyl sites for hydroxylation is 1. The summed E-state index contributed by atoms with van der Waals surface area (Å²) in [6.07, 6.45) is 4.69. The van der Waals surface area contributed by atoms with E-state index in [0.29, 0.717) is 36.7 Å². The second kappa shape index (κ2) is 9.94. The molecule has 2 amide bonds. The van der Waals surface area contributed by atoms with Gasteiger partial charge in [0.1, 0.15) is 6.54 Å². The van der Waals surface area contributed by atoms with E-state index in [0.717, 1.165) is 18.5 Å². The van der Waals surface area contributed by atoms with Gasteiger partial charge < -0.3 is 19.1 Å². The van der Waals surface area contributed by atoms with Crippen LogP contribution in [-0.2, 0) is 23.1 Å². The molecule has 2 aromatic rings. The first-order chi connectivity index (χ1) is 14.0. The molecule has 1 aliphatic carbocycles. The summed E-state index contributed by atoms with van der Waals surface area (Å²) in [5.41, 5.74) is 1.61. The molecule has 0 atom stereocenters. The van der Waals surface area contributed by atoms with Gasteiger partial charge in [-0.05, 0) is 55.7 Å². The number of nitrogens with zero attached hydrogens (tertiary/aromatic N) is 3. The highest BCUT2D eigenvalue weighted by molar-refractivity contribution is 6.30. The maximum absolute atomic E-state index is 13.2. The number of rotatable bonds is 10. The molecule has 0 radical (unpaired) electrons. The highest BCUT2D eigenvalue weighted by atomic mass is 35.5. The van der Waals surface area contributed by atoms with Crippen molar-refractivity contribution in [3.63, 3.8) is 0 Å². The Labute approximate surface area is 177 Å². The van der Waals surface area contributed by atoms with E-state index in [1.165, 1.54) is 0 Å². The predicted octanol–water partition coefficient (Wildman–Crippen LogP) is 3.35. The van der Waals surface area contributed by atoms with Gasteiger partial charge in [-0.15, -0.1) is 0 Å². The van der Waals surface area contributed by atoms with Crippen LogP contribution in [0.2, 0.25) is 5.02 Å². The van der Waals surface area contributed by atoms with Crippen LogP contribution < -0.4 is 0 Å². The minimum Gasteiger partial charge on any atom is -0.385 e. The van der Waals surface area contributed by atoms with Gasteiger partial charge in [-0.2, -0.15) is 0 Å². The predicted molar refractivity (Wildman–Crippen MR) is 113 cm³/mol. The number of methoxy groups -OCH3 is 1. The van der Waals surface area contributed by atoms with Crippen LogP contribution in [-0.4, -0.2) is 59.0 Å². The quantitative estimate of drug-likeness (QED) is 0.557. The number of hydrogen-bond donors (Lipinski definition) is 0. The SMILES string of the molecule is COCCCN(CC(=O)N(Cc1cccn1C)C1CC1)C(=O)c1ccc(Cl)cc1. The summed E-state index contributed by atoms with van der Waals surface area (Å²) in [5, 5.41) is 0.575. The smallest absolute Gasteiger partial charge is 0.254 e. The maximum Gasteiger partial charge on any atom is 0.254 e. The molecule has 1 aliphatic rings. The second-order valence-corrected chi connectivity index (χ2v) is 7.88. The number of halogens is 1. The van der Waals surface area contributed by atoms with E-state index in [9.17, 15) is 9.59 Å². The fraction of sp³-hybridized carbons (Fsp3) is 0.455. The molecule has 0 N–H and O–H groups in total. The molecule has 0 spiro atoms. The van der Waals surface area contributed by atoms with E-state index in [1.54, 1.807) is 36.3 Å². The molecule has 1 fully saturated rings. The lowest BCUT2D eigenvalue weighted by atomic mass is 10.2. The molecule has 0 saturated heterocycles. The molecule has 1 heterocycles. The summed E-state index contributed by atoms with van der Waals surface area (Å²) in [4.78, 5) is 29.7. The Morgan fingerprint density at radius 1 is 1.21 bits per heavy atom. The van der Waals surface area contributed by atoms with E-state index >= 15 is 0 Å². The molecule has 7 heteroatoms. The molecule has 29 heavy (non-hydrogen) atoms. The fourth-order valence-corrected chi connectivity index (χ4v) is 3.45. The molecule has 0 aliphatic heterocycles. The van der Waals surface area contributed by atoms with Gasteiger partial charge in [-0.1, -0.05) is 11.6 Å². The van der Waals surface area contributed by atoms with Gasteiger partial charge in [0.2, 0.25) is 5.91 Å². The summed E-state index contributed by atoms with van der Waals surface area (Å²) in [6, 6.07) is 11.0. The Kier molecular flexibility index (Phi) is 7.34. The van der Waals surface area contributed by atoms with Crippen molar-refractivity contribution in [3.8, 4) is 0 Å². The number of carbonyl (C=O) groups is 2. The van der Waals surface area contributed by atoms with Gasteiger partial charge in [0.15, 0.2) is 0 Å². The van der Waals surface area contributed by atoms with E-state index in [4.69, 9.17) is 16.3 Å². The first kappa shape index (κ1) is 21.4. The largest absolute Gasteiger partial charge is 0.385 e. The Hall–Kier alpha value is -2.31. The van der Waals surface area contributed by atoms with Crippen LogP contribution in [0.4, 0.5) is 0 Å². The number of carbonyl (C=O) groups excluding carboxylic acids is 2. The Morgan fingerprint density at radius 2 is 1.93 bits per heavy atom. The zero-order valence-electron chi connectivity index (χ0n) is 17.0. The topological polar surface area (TPSA) is 54.8 Å². The van der Waals surface area contributed by atoms with Crippen molar-refractivity contribution in [2.24, 2.45) is 7.05 Å². The number of aromatic nitrogens is 1. The third-order valence-corrected chi connectivity index (χ3v) is 5.42. The van der Waals surface area contributed by atoms with E-state index in [2.05, 4.69) is 0 Å². The van der Waals surface area contributed by atoms with Gasteiger partial charge in [0.05, 0.1) is 6.54 Å². The molecule has 0 unspecified atom stereocenters. The van der Waals surface area contributed by atoms with Crippen LogP contribution in [0.15, 0.2) is 42.6 Å². The lowest BCUT2D eigenvalue weighted by Gasteiger charge is -2.28. The third-order valence-electron chi connectivity index (χ3n) is 5.17. The average Bonchev–Trinajstić information content (AvgIpc) is 3.47. The summed E-state index contributed by atoms with van der Waals surface area (Å²) in [5.74, 6) is -0.186. The van der Waals surface area contributed by atoms with Gasteiger partial charge >= 0.3 is 0 Å². The van der Waals surface area contributed by atoms with E-state index in [1.807, 2.05) is 34.8 Å². The highest BCUT2D eigenvalue weighted by Crippen LogP contribution is 2.28. The normalized spacial score (nSPS) is 13.3. The Balaban J connectivity index is 1.72. The van der Waals surface area contributed by atoms with Gasteiger partial charge in [0, 0.05) is 55.8 Å². The number of amides is 2.